The summed E-state index contributed by atoms with van der Waals surface area (Å²) < 4.78 is 8.88. The Morgan fingerprint density at radius 3 is 1.93 bits per heavy atom. The molecule has 0 aliphatic carbocycles. The molecule has 1 saturated heterocycles. The Balaban J connectivity index is 0.000000292. The maximum Gasteiger partial charge on any atom is 0.466 e. The van der Waals surface area contributed by atoms with Crippen LogP contribution in [0.3, 0.4) is 0 Å². The van der Waals surface area contributed by atoms with Gasteiger partial charge in [-0.05, 0) is 25.9 Å². The molecule has 14 heavy (non-hydrogen) atoms. The molecule has 0 bridgehead atoms. The van der Waals surface area contributed by atoms with Crippen LogP contribution in [0.15, 0.2) is 0 Å². The van der Waals surface area contributed by atoms with Gasteiger partial charge in [-0.3, -0.25) is 0 Å². The number of hydrogen-bond acceptors (Lipinski definition) is 3. The van der Waals surface area contributed by atoms with E-state index >= 15 is 0 Å². The van der Waals surface area contributed by atoms with Crippen LogP contribution in [0.5, 0.6) is 0 Å². The summed E-state index contributed by atoms with van der Waals surface area (Å²) in [7, 11) is -4.64. The third-order valence-corrected chi connectivity index (χ3v) is 1.89. The third-order valence-electron chi connectivity index (χ3n) is 1.89. The normalized spacial score (nSPS) is 18.6. The van der Waals surface area contributed by atoms with Crippen molar-refractivity contribution in [3.8, 4) is 0 Å². The summed E-state index contributed by atoms with van der Waals surface area (Å²) in [5.74, 6) is 0. The molecule has 0 saturated carbocycles. The van der Waals surface area contributed by atoms with Gasteiger partial charge in [0.15, 0.2) is 0 Å². The van der Waals surface area contributed by atoms with Crippen LogP contribution in [-0.2, 0) is 4.57 Å². The van der Waals surface area contributed by atoms with Gasteiger partial charge in [0.2, 0.25) is 0 Å². The van der Waals surface area contributed by atoms with E-state index in [1.54, 1.807) is 0 Å². The number of nitrogens with two attached hydrogens (primary N) is 1. The van der Waals surface area contributed by atoms with Crippen molar-refractivity contribution in [1.29, 1.82) is 0 Å². The molecule has 1 aliphatic heterocycles. The van der Waals surface area contributed by atoms with E-state index < -0.39 is 7.82 Å². The van der Waals surface area contributed by atoms with Gasteiger partial charge >= 0.3 is 7.82 Å². The first-order chi connectivity index (χ1) is 6.43. The molecular formula is C7H19N2O4P. The van der Waals surface area contributed by atoms with Crippen molar-refractivity contribution in [2.45, 2.75) is 19.3 Å². The van der Waals surface area contributed by atoms with Gasteiger partial charge < -0.3 is 25.3 Å². The third kappa shape index (κ3) is 12.0. The fraction of sp³-hybridized carbons (Fsp3) is 1.00. The predicted molar refractivity (Wildman–Crippen MR) is 53.6 cm³/mol. The highest BCUT2D eigenvalue weighted by Gasteiger charge is 2.07. The minimum atomic E-state index is -4.64. The average Bonchev–Trinajstić information content (AvgIpc) is 2.03. The van der Waals surface area contributed by atoms with Crippen LogP contribution in [0.25, 0.3) is 0 Å². The lowest BCUT2D eigenvalue weighted by Crippen LogP contribution is -2.33. The molecule has 0 atom stereocenters. The molecule has 1 heterocycles. The van der Waals surface area contributed by atoms with Gasteiger partial charge in [-0.1, -0.05) is 6.42 Å². The zero-order valence-corrected chi connectivity index (χ0v) is 9.07. The number of rotatable bonds is 2. The summed E-state index contributed by atoms with van der Waals surface area (Å²) in [6.45, 7) is 4.47. The molecule has 0 aromatic heterocycles. The fourth-order valence-corrected chi connectivity index (χ4v) is 1.37. The molecule has 0 aromatic carbocycles. The minimum Gasteiger partial charge on any atom is -0.329 e. The van der Waals surface area contributed by atoms with Crippen LogP contribution in [0.4, 0.5) is 0 Å². The Kier molecular flexibility index (Phi) is 7.35. The standard InChI is InChI=1S/C7H16N2.H3O4P/c8-4-7-9-5-2-1-3-6-9;1-5(2,3)4/h1-8H2;(H3,1,2,3,4). The van der Waals surface area contributed by atoms with Crippen LogP contribution in [-0.4, -0.2) is 45.8 Å². The number of piperidine rings is 1. The zero-order valence-electron chi connectivity index (χ0n) is 8.17. The first-order valence-electron chi connectivity index (χ1n) is 4.64. The molecule has 5 N–H and O–H groups in total. The van der Waals surface area contributed by atoms with E-state index in [9.17, 15) is 0 Å². The van der Waals surface area contributed by atoms with Gasteiger partial charge in [-0.15, -0.1) is 0 Å². The van der Waals surface area contributed by atoms with Crippen LogP contribution in [0, 0.1) is 0 Å². The highest BCUT2D eigenvalue weighted by molar-refractivity contribution is 7.45. The molecule has 0 unspecified atom stereocenters. The lowest BCUT2D eigenvalue weighted by atomic mass is 10.1. The number of hydrogen-bond donors (Lipinski definition) is 4. The Hall–Kier alpha value is 0.0300. The smallest absolute Gasteiger partial charge is 0.329 e. The average molecular weight is 226 g/mol. The van der Waals surface area contributed by atoms with Gasteiger partial charge in [0.05, 0.1) is 0 Å². The summed E-state index contributed by atoms with van der Waals surface area (Å²) in [5.41, 5.74) is 5.42. The van der Waals surface area contributed by atoms with Crippen molar-refractivity contribution in [3.05, 3.63) is 0 Å². The van der Waals surface area contributed by atoms with Crippen molar-refractivity contribution in [2.24, 2.45) is 5.73 Å². The van der Waals surface area contributed by atoms with Crippen LogP contribution < -0.4 is 5.73 Å². The second-order valence-corrected chi connectivity index (χ2v) is 4.23. The quantitative estimate of drug-likeness (QED) is 0.473. The summed E-state index contributed by atoms with van der Waals surface area (Å²) >= 11 is 0. The molecule has 1 fully saturated rings. The minimum absolute atomic E-state index is 0.819. The van der Waals surface area contributed by atoms with Gasteiger partial charge in [-0.2, -0.15) is 0 Å². The highest BCUT2D eigenvalue weighted by Crippen LogP contribution is 2.25. The largest absolute Gasteiger partial charge is 0.466 e. The van der Waals surface area contributed by atoms with E-state index in [0.717, 1.165) is 13.1 Å². The van der Waals surface area contributed by atoms with Gasteiger partial charge in [0.1, 0.15) is 0 Å². The summed E-state index contributed by atoms with van der Waals surface area (Å²) in [5, 5.41) is 0. The van der Waals surface area contributed by atoms with E-state index in [1.807, 2.05) is 0 Å². The van der Waals surface area contributed by atoms with E-state index in [1.165, 1.54) is 32.4 Å². The van der Waals surface area contributed by atoms with Crippen molar-refractivity contribution >= 4 is 7.82 Å². The molecule has 7 heteroatoms. The van der Waals surface area contributed by atoms with Crippen molar-refractivity contribution in [1.82, 2.24) is 4.90 Å². The molecule has 0 aromatic rings. The molecule has 6 nitrogen and oxygen atoms in total. The van der Waals surface area contributed by atoms with Crippen molar-refractivity contribution < 1.29 is 19.2 Å². The van der Waals surface area contributed by atoms with Gasteiger partial charge in [0.25, 0.3) is 0 Å². The summed E-state index contributed by atoms with van der Waals surface area (Å²) in [4.78, 5) is 24.0. The predicted octanol–water partition coefficient (Wildman–Crippen LogP) is -0.498. The van der Waals surface area contributed by atoms with Crippen LogP contribution in [0.1, 0.15) is 19.3 Å². The zero-order chi connectivity index (χ0) is 11.0. The van der Waals surface area contributed by atoms with Crippen LogP contribution in [0.2, 0.25) is 0 Å². The fourth-order valence-electron chi connectivity index (χ4n) is 1.37. The maximum atomic E-state index is 8.88. The van der Waals surface area contributed by atoms with Crippen molar-refractivity contribution in [3.63, 3.8) is 0 Å². The number of phosphoric acid groups is 1. The number of likely N-dealkylation sites (tertiary alicyclic amines) is 1. The molecule has 1 aliphatic rings. The first-order valence-corrected chi connectivity index (χ1v) is 6.20. The monoisotopic (exact) mass is 226 g/mol. The first kappa shape index (κ1) is 14.0. The second-order valence-electron chi connectivity index (χ2n) is 3.20. The van der Waals surface area contributed by atoms with Crippen molar-refractivity contribution in [2.75, 3.05) is 26.2 Å². The van der Waals surface area contributed by atoms with E-state index in [-0.39, 0.29) is 0 Å². The topological polar surface area (TPSA) is 107 Å². The second kappa shape index (κ2) is 7.34. The van der Waals surface area contributed by atoms with E-state index in [2.05, 4.69) is 4.90 Å². The highest BCUT2D eigenvalue weighted by atomic mass is 31.2. The molecule has 0 spiro atoms. The molecule has 0 radical (unpaired) electrons. The van der Waals surface area contributed by atoms with Gasteiger partial charge in [-0.25, -0.2) is 4.57 Å². The maximum absolute atomic E-state index is 8.88. The lowest BCUT2D eigenvalue weighted by Gasteiger charge is -2.25. The Bertz CT molecular complexity index is 168. The van der Waals surface area contributed by atoms with E-state index in [0.29, 0.717) is 0 Å². The SMILES string of the molecule is NCCN1CCCCC1.O=P(O)(O)O. The molecular weight excluding hydrogens is 207 g/mol. The molecule has 0 amide bonds. The molecule has 86 valence electrons. The summed E-state index contributed by atoms with van der Waals surface area (Å²) in [6, 6.07) is 0. The summed E-state index contributed by atoms with van der Waals surface area (Å²) in [6.07, 6.45) is 4.17. The van der Waals surface area contributed by atoms with Gasteiger partial charge in [0, 0.05) is 13.1 Å². The Morgan fingerprint density at radius 1 is 1.14 bits per heavy atom. The molecule has 1 rings (SSSR count). The Morgan fingerprint density at radius 2 is 1.57 bits per heavy atom. The van der Waals surface area contributed by atoms with E-state index in [4.69, 9.17) is 25.0 Å². The number of nitrogens with zero attached hydrogens (tertiary/aromatic N) is 1. The lowest BCUT2D eigenvalue weighted by molar-refractivity contribution is 0.235. The van der Waals surface area contributed by atoms with Crippen LogP contribution >= 0.6 is 7.82 Å². The Labute approximate surface area is 84.0 Å².